The van der Waals surface area contributed by atoms with Gasteiger partial charge in [0.2, 0.25) is 0 Å². The van der Waals surface area contributed by atoms with Crippen LogP contribution >= 0.6 is 0 Å². The van der Waals surface area contributed by atoms with E-state index in [1.165, 1.54) is 0 Å². The number of hydrogen-bond donors (Lipinski definition) is 2. The van der Waals surface area contributed by atoms with Crippen LogP contribution in [0.4, 0.5) is 10.5 Å². The fourth-order valence-corrected chi connectivity index (χ4v) is 1.34. The lowest BCUT2D eigenvalue weighted by Crippen LogP contribution is -2.30. The average Bonchev–Trinajstić information content (AvgIpc) is 2.38. The van der Waals surface area contributed by atoms with E-state index in [2.05, 4.69) is 17.2 Å². The summed E-state index contributed by atoms with van der Waals surface area (Å²) in [5, 5.41) is 2.82. The van der Waals surface area contributed by atoms with Gasteiger partial charge < -0.3 is 16.0 Å². The van der Waals surface area contributed by atoms with Gasteiger partial charge in [0, 0.05) is 24.8 Å². The Morgan fingerprint density at radius 2 is 2.22 bits per heavy atom. The number of amides is 2. The molecule has 0 radical (unpaired) electrons. The van der Waals surface area contributed by atoms with E-state index in [9.17, 15) is 4.79 Å². The number of anilines is 1. The predicted molar refractivity (Wildman–Crippen MR) is 74.4 cm³/mol. The summed E-state index contributed by atoms with van der Waals surface area (Å²) in [7, 11) is 1.75. The molecule has 0 bridgehead atoms. The van der Waals surface area contributed by atoms with Crippen molar-refractivity contribution in [2.24, 2.45) is 5.73 Å². The molecule has 0 spiro atoms. The minimum atomic E-state index is -0.126. The molecule has 1 aromatic carbocycles. The highest BCUT2D eigenvalue weighted by atomic mass is 16.2. The van der Waals surface area contributed by atoms with E-state index in [1.54, 1.807) is 11.9 Å². The Kier molecular flexibility index (Phi) is 5.22. The van der Waals surface area contributed by atoms with Crippen LogP contribution in [0.3, 0.4) is 0 Å². The van der Waals surface area contributed by atoms with Crippen molar-refractivity contribution in [2.45, 2.75) is 13.8 Å². The fraction of sp³-hybridized carbons (Fsp3) is 0.357. The van der Waals surface area contributed by atoms with Crippen molar-refractivity contribution in [1.82, 2.24) is 4.90 Å². The zero-order valence-electron chi connectivity index (χ0n) is 11.1. The first kappa shape index (κ1) is 14.1. The van der Waals surface area contributed by atoms with E-state index in [0.29, 0.717) is 13.1 Å². The van der Waals surface area contributed by atoms with Gasteiger partial charge in [-0.15, -0.1) is 0 Å². The summed E-state index contributed by atoms with van der Waals surface area (Å²) >= 11 is 0. The van der Waals surface area contributed by atoms with Crippen LogP contribution in [0.1, 0.15) is 18.1 Å². The quantitative estimate of drug-likeness (QED) is 0.780. The Hall–Kier alpha value is -1.99. The van der Waals surface area contributed by atoms with Gasteiger partial charge in [0.05, 0.1) is 6.54 Å². The molecule has 1 aromatic rings. The molecule has 0 aliphatic carbocycles. The lowest BCUT2D eigenvalue weighted by atomic mass is 10.1. The van der Waals surface area contributed by atoms with Crippen molar-refractivity contribution in [3.63, 3.8) is 0 Å². The third-order valence-corrected chi connectivity index (χ3v) is 2.63. The first-order valence-electron chi connectivity index (χ1n) is 5.90. The van der Waals surface area contributed by atoms with Crippen LogP contribution in [0, 0.1) is 18.8 Å². The molecule has 2 amide bonds. The first-order valence-corrected chi connectivity index (χ1v) is 5.90. The van der Waals surface area contributed by atoms with Gasteiger partial charge >= 0.3 is 6.03 Å². The Balaban J connectivity index is 2.88. The van der Waals surface area contributed by atoms with Gasteiger partial charge in [-0.1, -0.05) is 17.9 Å². The van der Waals surface area contributed by atoms with E-state index < -0.39 is 0 Å². The van der Waals surface area contributed by atoms with Gasteiger partial charge in [-0.05, 0) is 31.5 Å². The number of hydrogen-bond acceptors (Lipinski definition) is 2. The number of nitrogens with zero attached hydrogens (tertiary/aromatic N) is 1. The van der Waals surface area contributed by atoms with Crippen molar-refractivity contribution < 1.29 is 4.79 Å². The second-order valence-electron chi connectivity index (χ2n) is 3.98. The lowest BCUT2D eigenvalue weighted by Gasteiger charge is -2.15. The van der Waals surface area contributed by atoms with Crippen LogP contribution in [-0.2, 0) is 0 Å². The van der Waals surface area contributed by atoms with Gasteiger partial charge in [-0.25, -0.2) is 4.79 Å². The summed E-state index contributed by atoms with van der Waals surface area (Å²) in [4.78, 5) is 13.3. The van der Waals surface area contributed by atoms with Gasteiger partial charge in [0.25, 0.3) is 0 Å². The van der Waals surface area contributed by atoms with E-state index >= 15 is 0 Å². The summed E-state index contributed by atoms with van der Waals surface area (Å²) in [6, 6.07) is 5.53. The summed E-state index contributed by atoms with van der Waals surface area (Å²) in [5.41, 5.74) is 8.05. The lowest BCUT2D eigenvalue weighted by molar-refractivity contribution is 0.224. The standard InChI is InChI=1S/C14H19N3O/c1-4-17(3)14(18)16-13-8-7-11(2)12(10-13)6-5-9-15/h7-8,10H,4,9,15H2,1-3H3,(H,16,18). The zero-order chi connectivity index (χ0) is 13.5. The van der Waals surface area contributed by atoms with Gasteiger partial charge in [-0.3, -0.25) is 0 Å². The molecule has 0 saturated carbocycles. The highest BCUT2D eigenvalue weighted by molar-refractivity contribution is 5.89. The Bertz CT molecular complexity index is 486. The maximum atomic E-state index is 11.7. The molecule has 0 aromatic heterocycles. The summed E-state index contributed by atoms with van der Waals surface area (Å²) in [6.07, 6.45) is 0. The van der Waals surface area contributed by atoms with Crippen LogP contribution in [0.15, 0.2) is 18.2 Å². The Morgan fingerprint density at radius 1 is 1.50 bits per heavy atom. The molecular weight excluding hydrogens is 226 g/mol. The van der Waals surface area contributed by atoms with Crippen molar-refractivity contribution in [1.29, 1.82) is 0 Å². The molecule has 1 rings (SSSR count). The highest BCUT2D eigenvalue weighted by Gasteiger charge is 2.06. The van der Waals surface area contributed by atoms with Crippen molar-refractivity contribution in [3.8, 4) is 11.8 Å². The number of carbonyl (C=O) groups is 1. The van der Waals surface area contributed by atoms with Crippen molar-refractivity contribution in [2.75, 3.05) is 25.5 Å². The Labute approximate surface area is 108 Å². The van der Waals surface area contributed by atoms with E-state index in [-0.39, 0.29) is 6.03 Å². The Morgan fingerprint density at radius 3 is 2.83 bits per heavy atom. The largest absolute Gasteiger partial charge is 0.328 e. The molecule has 0 heterocycles. The number of urea groups is 1. The number of nitrogens with one attached hydrogen (secondary N) is 1. The molecule has 0 unspecified atom stereocenters. The molecule has 96 valence electrons. The predicted octanol–water partition coefficient (Wildman–Crippen LogP) is 1.79. The van der Waals surface area contributed by atoms with Crippen molar-refractivity contribution in [3.05, 3.63) is 29.3 Å². The van der Waals surface area contributed by atoms with Crippen LogP contribution in [-0.4, -0.2) is 31.1 Å². The maximum Gasteiger partial charge on any atom is 0.321 e. The molecule has 4 heteroatoms. The summed E-state index contributed by atoms with van der Waals surface area (Å²) in [5.74, 6) is 5.80. The summed E-state index contributed by atoms with van der Waals surface area (Å²) in [6.45, 7) is 4.89. The number of benzene rings is 1. The second-order valence-corrected chi connectivity index (χ2v) is 3.98. The third-order valence-electron chi connectivity index (χ3n) is 2.63. The minimum Gasteiger partial charge on any atom is -0.328 e. The van der Waals surface area contributed by atoms with Crippen LogP contribution in [0.5, 0.6) is 0 Å². The molecule has 0 fully saturated rings. The molecule has 0 aliphatic rings. The molecular formula is C14H19N3O. The topological polar surface area (TPSA) is 58.4 Å². The van der Waals surface area contributed by atoms with E-state index in [4.69, 9.17) is 5.73 Å². The second kappa shape index (κ2) is 6.67. The SMILES string of the molecule is CCN(C)C(=O)Nc1ccc(C)c(C#CCN)c1. The van der Waals surface area contributed by atoms with E-state index in [1.807, 2.05) is 32.0 Å². The van der Waals surface area contributed by atoms with Crippen LogP contribution < -0.4 is 11.1 Å². The van der Waals surface area contributed by atoms with Crippen LogP contribution in [0.2, 0.25) is 0 Å². The number of rotatable bonds is 2. The number of nitrogens with two attached hydrogens (primary N) is 1. The van der Waals surface area contributed by atoms with E-state index in [0.717, 1.165) is 16.8 Å². The third kappa shape index (κ3) is 3.79. The normalized spacial score (nSPS) is 9.33. The molecule has 3 N–H and O–H groups in total. The molecule has 0 atom stereocenters. The average molecular weight is 245 g/mol. The monoisotopic (exact) mass is 245 g/mol. The molecule has 18 heavy (non-hydrogen) atoms. The van der Waals surface area contributed by atoms with Crippen molar-refractivity contribution >= 4 is 11.7 Å². The van der Waals surface area contributed by atoms with Gasteiger partial charge in [0.1, 0.15) is 0 Å². The molecule has 4 nitrogen and oxygen atoms in total. The minimum absolute atomic E-state index is 0.126. The van der Waals surface area contributed by atoms with Gasteiger partial charge in [-0.2, -0.15) is 0 Å². The smallest absolute Gasteiger partial charge is 0.321 e. The molecule has 0 saturated heterocycles. The fourth-order valence-electron chi connectivity index (χ4n) is 1.34. The maximum absolute atomic E-state index is 11.7. The molecule has 0 aliphatic heterocycles. The number of carbonyl (C=O) groups excluding carboxylic acids is 1. The first-order chi connectivity index (χ1) is 8.58. The highest BCUT2D eigenvalue weighted by Crippen LogP contribution is 2.14. The van der Waals surface area contributed by atoms with Gasteiger partial charge in [0.15, 0.2) is 0 Å². The summed E-state index contributed by atoms with van der Waals surface area (Å²) < 4.78 is 0. The van der Waals surface area contributed by atoms with Crippen LogP contribution in [0.25, 0.3) is 0 Å². The zero-order valence-corrected chi connectivity index (χ0v) is 11.1. The number of aryl methyl sites for hydroxylation is 1.